The molecule has 1 saturated carbocycles. The largest absolute Gasteiger partial charge is 0.508 e. The van der Waals surface area contributed by atoms with Crippen molar-refractivity contribution in [1.29, 1.82) is 0 Å². The smallest absolute Gasteiger partial charge is 0.115 e. The van der Waals surface area contributed by atoms with Gasteiger partial charge in [0.1, 0.15) is 5.75 Å². The Kier molecular flexibility index (Phi) is 4.87. The topological polar surface area (TPSA) is 32.3 Å². The molecular weight excluding hydrogens is 234 g/mol. The number of aromatic hydroxyl groups is 1. The van der Waals surface area contributed by atoms with Crippen molar-refractivity contribution < 1.29 is 5.11 Å². The van der Waals surface area contributed by atoms with Gasteiger partial charge in [0.25, 0.3) is 0 Å². The molecule has 1 aromatic carbocycles. The van der Waals surface area contributed by atoms with Crippen LogP contribution >= 0.6 is 0 Å². The van der Waals surface area contributed by atoms with E-state index in [1.54, 1.807) is 6.07 Å². The summed E-state index contributed by atoms with van der Waals surface area (Å²) in [6, 6.07) is 8.32. The molecule has 2 nitrogen and oxygen atoms in total. The van der Waals surface area contributed by atoms with Gasteiger partial charge in [-0.1, -0.05) is 45.2 Å². The van der Waals surface area contributed by atoms with Crippen molar-refractivity contribution in [1.82, 2.24) is 5.32 Å². The molecule has 0 bridgehead atoms. The van der Waals surface area contributed by atoms with E-state index in [1.165, 1.54) is 37.7 Å². The number of nitrogens with one attached hydrogen (secondary N) is 1. The van der Waals surface area contributed by atoms with Crippen LogP contribution in [-0.4, -0.2) is 17.7 Å². The highest BCUT2D eigenvalue weighted by Crippen LogP contribution is 2.39. The quantitative estimate of drug-likeness (QED) is 0.843. The maximum absolute atomic E-state index is 9.63. The van der Waals surface area contributed by atoms with E-state index in [0.29, 0.717) is 17.2 Å². The zero-order valence-electron chi connectivity index (χ0n) is 12.3. The van der Waals surface area contributed by atoms with E-state index in [9.17, 15) is 5.11 Å². The Balaban J connectivity index is 2.08. The number of phenols is 1. The van der Waals surface area contributed by atoms with Gasteiger partial charge in [-0.15, -0.1) is 0 Å². The van der Waals surface area contributed by atoms with Crippen molar-refractivity contribution >= 4 is 0 Å². The standard InChI is InChI=1S/C17H27NO/c1-14(2)18-13-17(9-4-3-5-10-17)12-15-7-6-8-16(19)11-15/h6-8,11,14,18-19H,3-5,9-10,12-13H2,1-2H3. The minimum atomic E-state index is 0.385. The number of rotatable bonds is 5. The summed E-state index contributed by atoms with van der Waals surface area (Å²) in [6.07, 6.45) is 7.77. The van der Waals surface area contributed by atoms with E-state index in [0.717, 1.165) is 13.0 Å². The molecule has 0 heterocycles. The average molecular weight is 261 g/mol. The summed E-state index contributed by atoms with van der Waals surface area (Å²) in [5, 5.41) is 13.3. The van der Waals surface area contributed by atoms with E-state index >= 15 is 0 Å². The summed E-state index contributed by atoms with van der Waals surface area (Å²) < 4.78 is 0. The Morgan fingerprint density at radius 3 is 2.58 bits per heavy atom. The van der Waals surface area contributed by atoms with Crippen LogP contribution in [0.25, 0.3) is 0 Å². The molecule has 0 unspecified atom stereocenters. The maximum atomic E-state index is 9.63. The minimum absolute atomic E-state index is 0.385. The third-order valence-electron chi connectivity index (χ3n) is 4.29. The molecule has 2 rings (SSSR count). The lowest BCUT2D eigenvalue weighted by atomic mass is 9.70. The summed E-state index contributed by atoms with van der Waals surface area (Å²) in [5.41, 5.74) is 1.66. The monoisotopic (exact) mass is 261 g/mol. The fourth-order valence-corrected chi connectivity index (χ4v) is 3.24. The molecule has 2 heteroatoms. The first-order valence-corrected chi connectivity index (χ1v) is 7.61. The van der Waals surface area contributed by atoms with Gasteiger partial charge in [0.2, 0.25) is 0 Å². The van der Waals surface area contributed by atoms with E-state index in [2.05, 4.69) is 25.2 Å². The lowest BCUT2D eigenvalue weighted by Gasteiger charge is -2.38. The van der Waals surface area contributed by atoms with E-state index < -0.39 is 0 Å². The fourth-order valence-electron chi connectivity index (χ4n) is 3.24. The Labute approximate surface area is 117 Å². The van der Waals surface area contributed by atoms with Gasteiger partial charge in [-0.3, -0.25) is 0 Å². The van der Waals surface area contributed by atoms with Gasteiger partial charge in [0, 0.05) is 12.6 Å². The second-order valence-corrected chi connectivity index (χ2v) is 6.44. The molecule has 1 aromatic rings. The van der Waals surface area contributed by atoms with Crippen LogP contribution in [0.4, 0.5) is 0 Å². The number of benzene rings is 1. The van der Waals surface area contributed by atoms with Crippen LogP contribution in [0.2, 0.25) is 0 Å². The van der Waals surface area contributed by atoms with Crippen LogP contribution < -0.4 is 5.32 Å². The lowest BCUT2D eigenvalue weighted by molar-refractivity contribution is 0.176. The van der Waals surface area contributed by atoms with Gasteiger partial charge in [-0.2, -0.15) is 0 Å². The van der Waals surface area contributed by atoms with Gasteiger partial charge in [-0.25, -0.2) is 0 Å². The van der Waals surface area contributed by atoms with Crippen molar-refractivity contribution in [3.05, 3.63) is 29.8 Å². The Bertz CT molecular complexity index is 394. The molecule has 0 saturated heterocycles. The summed E-state index contributed by atoms with van der Waals surface area (Å²) in [4.78, 5) is 0. The van der Waals surface area contributed by atoms with Gasteiger partial charge in [-0.05, 0) is 42.4 Å². The molecular formula is C17H27NO. The highest BCUT2D eigenvalue weighted by atomic mass is 16.3. The predicted octanol–water partition coefficient (Wildman–Crippen LogP) is 3.88. The normalized spacial score (nSPS) is 18.7. The highest BCUT2D eigenvalue weighted by Gasteiger charge is 2.32. The molecule has 1 fully saturated rings. The van der Waals surface area contributed by atoms with Gasteiger partial charge in [0.15, 0.2) is 0 Å². The van der Waals surface area contributed by atoms with Crippen molar-refractivity contribution in [3.8, 4) is 5.75 Å². The Hall–Kier alpha value is -1.02. The first kappa shape index (κ1) is 14.4. The SMILES string of the molecule is CC(C)NCC1(Cc2cccc(O)c2)CCCCC1. The molecule has 0 aromatic heterocycles. The third-order valence-corrected chi connectivity index (χ3v) is 4.29. The third kappa shape index (κ3) is 4.24. The zero-order chi connectivity index (χ0) is 13.7. The fraction of sp³-hybridized carbons (Fsp3) is 0.647. The van der Waals surface area contributed by atoms with Crippen molar-refractivity contribution in [2.75, 3.05) is 6.54 Å². The van der Waals surface area contributed by atoms with Crippen molar-refractivity contribution in [2.24, 2.45) is 5.41 Å². The lowest BCUT2D eigenvalue weighted by Crippen LogP contribution is -2.40. The van der Waals surface area contributed by atoms with Crippen LogP contribution in [0.15, 0.2) is 24.3 Å². The number of phenolic OH excluding ortho intramolecular Hbond substituents is 1. The molecule has 1 aliphatic carbocycles. The maximum Gasteiger partial charge on any atom is 0.115 e. The summed E-state index contributed by atoms with van der Waals surface area (Å²) in [6.45, 7) is 5.52. The summed E-state index contributed by atoms with van der Waals surface area (Å²) in [5.74, 6) is 0.389. The van der Waals surface area contributed by atoms with E-state index in [-0.39, 0.29) is 0 Å². The second-order valence-electron chi connectivity index (χ2n) is 6.44. The first-order valence-electron chi connectivity index (χ1n) is 7.61. The first-order chi connectivity index (χ1) is 9.10. The molecule has 0 radical (unpaired) electrons. The molecule has 0 atom stereocenters. The average Bonchev–Trinajstić information content (AvgIpc) is 2.38. The van der Waals surface area contributed by atoms with E-state index in [4.69, 9.17) is 0 Å². The Morgan fingerprint density at radius 1 is 1.21 bits per heavy atom. The number of hydrogen-bond acceptors (Lipinski definition) is 2. The van der Waals surface area contributed by atoms with Crippen LogP contribution in [0.3, 0.4) is 0 Å². The van der Waals surface area contributed by atoms with Crippen LogP contribution in [0, 0.1) is 5.41 Å². The molecule has 0 aliphatic heterocycles. The second kappa shape index (κ2) is 6.42. The molecule has 2 N–H and O–H groups in total. The van der Waals surface area contributed by atoms with Crippen molar-refractivity contribution in [2.45, 2.75) is 58.4 Å². The van der Waals surface area contributed by atoms with Crippen LogP contribution in [0.1, 0.15) is 51.5 Å². The van der Waals surface area contributed by atoms with Gasteiger partial charge >= 0.3 is 0 Å². The summed E-state index contributed by atoms with van der Waals surface area (Å²) >= 11 is 0. The molecule has 0 spiro atoms. The predicted molar refractivity (Wildman–Crippen MR) is 80.5 cm³/mol. The van der Waals surface area contributed by atoms with Crippen molar-refractivity contribution in [3.63, 3.8) is 0 Å². The molecule has 0 amide bonds. The van der Waals surface area contributed by atoms with E-state index in [1.807, 2.05) is 12.1 Å². The highest BCUT2D eigenvalue weighted by molar-refractivity contribution is 5.28. The minimum Gasteiger partial charge on any atom is -0.508 e. The number of hydrogen-bond donors (Lipinski definition) is 2. The molecule has 106 valence electrons. The summed E-state index contributed by atoms with van der Waals surface area (Å²) in [7, 11) is 0. The van der Waals surface area contributed by atoms with Gasteiger partial charge < -0.3 is 10.4 Å². The molecule has 1 aliphatic rings. The molecule has 19 heavy (non-hydrogen) atoms. The van der Waals surface area contributed by atoms with Crippen LogP contribution in [0.5, 0.6) is 5.75 Å². The Morgan fingerprint density at radius 2 is 1.95 bits per heavy atom. The van der Waals surface area contributed by atoms with Crippen LogP contribution in [-0.2, 0) is 6.42 Å². The van der Waals surface area contributed by atoms with Gasteiger partial charge in [0.05, 0.1) is 0 Å². The zero-order valence-corrected chi connectivity index (χ0v) is 12.3.